The lowest BCUT2D eigenvalue weighted by molar-refractivity contribution is -0.115. The number of anilines is 1. The van der Waals surface area contributed by atoms with Gasteiger partial charge in [0.05, 0.1) is 16.7 Å². The van der Waals surface area contributed by atoms with E-state index in [1.165, 1.54) is 17.4 Å². The van der Waals surface area contributed by atoms with Crippen LogP contribution in [0.25, 0.3) is 10.2 Å². The lowest BCUT2D eigenvalue weighted by atomic mass is 10.1. The van der Waals surface area contributed by atoms with Gasteiger partial charge in [-0.2, -0.15) is 5.10 Å². The van der Waals surface area contributed by atoms with E-state index in [9.17, 15) is 14.0 Å². The molecule has 1 fully saturated rings. The Hall–Kier alpha value is -2.82. The lowest BCUT2D eigenvalue weighted by Crippen LogP contribution is -2.52. The zero-order valence-electron chi connectivity index (χ0n) is 15.9. The Kier molecular flexibility index (Phi) is 5.56. The minimum absolute atomic E-state index is 0.0892. The molecule has 1 aliphatic heterocycles. The van der Waals surface area contributed by atoms with Gasteiger partial charge < -0.3 is 10.2 Å². The molecule has 29 heavy (non-hydrogen) atoms. The molecular formula is C19H21FN6O2S. The van der Waals surface area contributed by atoms with E-state index in [1.54, 1.807) is 24.3 Å². The van der Waals surface area contributed by atoms with Crippen LogP contribution in [0.3, 0.4) is 0 Å². The van der Waals surface area contributed by atoms with Crippen LogP contribution in [0.4, 0.5) is 10.2 Å². The maximum atomic E-state index is 13.7. The van der Waals surface area contributed by atoms with Crippen molar-refractivity contribution >= 4 is 39.2 Å². The van der Waals surface area contributed by atoms with E-state index in [-0.39, 0.29) is 18.2 Å². The standard InChI is InChI=1S/C19H21FN6O2S/c1-25-6-8-26(9-7-25)24-18(28)15-11-13-17(22-23-19(13)29-15)21-16(27)10-12-4-2-3-5-14(12)20/h2-5,11H,6-10H2,1H3,(H,24,28)(H2,21,22,23,27). The molecule has 0 spiro atoms. The number of likely N-dealkylation sites (N-methyl/N-ethyl adjacent to an activating group) is 1. The Morgan fingerprint density at radius 1 is 1.24 bits per heavy atom. The average molecular weight is 416 g/mol. The Morgan fingerprint density at radius 3 is 2.76 bits per heavy atom. The minimum Gasteiger partial charge on any atom is -0.310 e. The third kappa shape index (κ3) is 4.44. The number of nitrogens with zero attached hydrogens (tertiary/aromatic N) is 3. The summed E-state index contributed by atoms with van der Waals surface area (Å²) in [7, 11) is 2.05. The van der Waals surface area contributed by atoms with Gasteiger partial charge in [0.15, 0.2) is 0 Å². The predicted octanol–water partition coefficient (Wildman–Crippen LogP) is 1.84. The van der Waals surface area contributed by atoms with Gasteiger partial charge in [-0.25, -0.2) is 9.40 Å². The van der Waals surface area contributed by atoms with Crippen LogP contribution >= 0.6 is 11.3 Å². The average Bonchev–Trinajstić information content (AvgIpc) is 3.28. The minimum atomic E-state index is -0.421. The first kappa shape index (κ1) is 19.5. The van der Waals surface area contributed by atoms with Gasteiger partial charge in [0.1, 0.15) is 16.5 Å². The van der Waals surface area contributed by atoms with Crippen molar-refractivity contribution < 1.29 is 14.0 Å². The quantitative estimate of drug-likeness (QED) is 0.590. The van der Waals surface area contributed by atoms with Gasteiger partial charge in [-0.3, -0.25) is 20.1 Å². The molecule has 0 radical (unpaired) electrons. The number of fused-ring (bicyclic) bond motifs is 1. The van der Waals surface area contributed by atoms with Gasteiger partial charge in [-0.05, 0) is 24.7 Å². The molecular weight excluding hydrogens is 395 g/mol. The van der Waals surface area contributed by atoms with Gasteiger partial charge in [-0.15, -0.1) is 11.3 Å². The number of aromatic nitrogens is 2. The predicted molar refractivity (Wildman–Crippen MR) is 109 cm³/mol. The molecule has 0 saturated carbocycles. The second kappa shape index (κ2) is 8.27. The highest BCUT2D eigenvalue weighted by Crippen LogP contribution is 2.29. The van der Waals surface area contributed by atoms with Crippen molar-refractivity contribution in [3.8, 4) is 0 Å². The lowest BCUT2D eigenvalue weighted by Gasteiger charge is -2.32. The van der Waals surface area contributed by atoms with E-state index < -0.39 is 5.82 Å². The van der Waals surface area contributed by atoms with Crippen LogP contribution in [0.1, 0.15) is 15.2 Å². The first-order valence-electron chi connectivity index (χ1n) is 9.25. The normalized spacial score (nSPS) is 15.5. The molecule has 0 bridgehead atoms. The van der Waals surface area contributed by atoms with Crippen molar-refractivity contribution in [2.75, 3.05) is 38.5 Å². The Morgan fingerprint density at radius 2 is 2.00 bits per heavy atom. The summed E-state index contributed by atoms with van der Waals surface area (Å²) in [5, 5.41) is 12.2. The third-order valence-corrected chi connectivity index (χ3v) is 5.84. The van der Waals surface area contributed by atoms with E-state index >= 15 is 0 Å². The number of thiophene rings is 1. The Labute approximate surface area is 170 Å². The van der Waals surface area contributed by atoms with Crippen LogP contribution in [0.2, 0.25) is 0 Å². The molecule has 0 atom stereocenters. The summed E-state index contributed by atoms with van der Waals surface area (Å²) < 4.78 is 13.7. The molecule has 0 unspecified atom stereocenters. The molecule has 1 saturated heterocycles. The number of hydrogen-bond donors (Lipinski definition) is 3. The molecule has 10 heteroatoms. The van der Waals surface area contributed by atoms with Crippen LogP contribution in [0, 0.1) is 5.82 Å². The Balaban J connectivity index is 1.42. The second-order valence-corrected chi connectivity index (χ2v) is 8.01. The SMILES string of the molecule is CN1CCN(NC(=O)c2cc3c(NC(=O)Cc4ccccc4F)[nH]nc3s2)CC1. The highest BCUT2D eigenvalue weighted by Gasteiger charge is 2.20. The fourth-order valence-electron chi connectivity index (χ4n) is 3.13. The van der Waals surface area contributed by atoms with Crippen LogP contribution in [-0.4, -0.2) is 65.1 Å². The summed E-state index contributed by atoms with van der Waals surface area (Å²) in [6.45, 7) is 3.32. The van der Waals surface area contributed by atoms with Gasteiger partial charge >= 0.3 is 0 Å². The third-order valence-electron chi connectivity index (χ3n) is 4.81. The van der Waals surface area contributed by atoms with Crippen molar-refractivity contribution in [2.45, 2.75) is 6.42 Å². The first-order valence-corrected chi connectivity index (χ1v) is 10.1. The molecule has 2 amide bonds. The van der Waals surface area contributed by atoms with E-state index in [4.69, 9.17) is 0 Å². The second-order valence-electron chi connectivity index (χ2n) is 6.98. The zero-order valence-corrected chi connectivity index (χ0v) is 16.7. The number of rotatable bonds is 5. The molecule has 3 N–H and O–H groups in total. The molecule has 8 nitrogen and oxygen atoms in total. The van der Waals surface area contributed by atoms with E-state index in [0.717, 1.165) is 26.2 Å². The van der Waals surface area contributed by atoms with Gasteiger partial charge in [0, 0.05) is 26.2 Å². The molecule has 4 rings (SSSR count). The molecule has 0 aliphatic carbocycles. The number of hydrazine groups is 1. The molecule has 1 aromatic carbocycles. The number of amides is 2. The van der Waals surface area contributed by atoms with Crippen LogP contribution in [-0.2, 0) is 11.2 Å². The number of nitrogens with one attached hydrogen (secondary N) is 3. The van der Waals surface area contributed by atoms with Crippen molar-refractivity contribution in [1.29, 1.82) is 0 Å². The van der Waals surface area contributed by atoms with E-state index in [0.29, 0.717) is 26.5 Å². The van der Waals surface area contributed by atoms with E-state index in [2.05, 4.69) is 32.9 Å². The maximum Gasteiger partial charge on any atom is 0.275 e. The number of aromatic amines is 1. The van der Waals surface area contributed by atoms with Crippen molar-refractivity contribution in [2.24, 2.45) is 0 Å². The molecule has 152 valence electrons. The largest absolute Gasteiger partial charge is 0.310 e. The highest BCUT2D eigenvalue weighted by atomic mass is 32.1. The molecule has 3 aromatic rings. The fourth-order valence-corrected chi connectivity index (χ4v) is 4.02. The fraction of sp³-hybridized carbons (Fsp3) is 0.316. The number of halogens is 1. The zero-order chi connectivity index (χ0) is 20.4. The molecule has 3 heterocycles. The molecule has 1 aliphatic rings. The number of carbonyl (C=O) groups is 2. The topological polar surface area (TPSA) is 93.4 Å². The number of H-pyrrole nitrogens is 1. The van der Waals surface area contributed by atoms with Gasteiger partial charge in [0.2, 0.25) is 5.91 Å². The van der Waals surface area contributed by atoms with Gasteiger partial charge in [0.25, 0.3) is 5.91 Å². The summed E-state index contributed by atoms with van der Waals surface area (Å²) in [5.74, 6) is -0.580. The van der Waals surface area contributed by atoms with Crippen LogP contribution < -0.4 is 10.7 Å². The number of benzene rings is 1. The van der Waals surface area contributed by atoms with Gasteiger partial charge in [-0.1, -0.05) is 18.2 Å². The summed E-state index contributed by atoms with van der Waals surface area (Å²) in [5.41, 5.74) is 3.23. The van der Waals surface area contributed by atoms with E-state index in [1.807, 2.05) is 5.01 Å². The number of carbonyl (C=O) groups excluding carboxylic acids is 2. The van der Waals surface area contributed by atoms with Crippen LogP contribution in [0.5, 0.6) is 0 Å². The summed E-state index contributed by atoms with van der Waals surface area (Å²) in [4.78, 5) is 28.2. The summed E-state index contributed by atoms with van der Waals surface area (Å²) in [6, 6.07) is 7.86. The van der Waals surface area contributed by atoms with Crippen LogP contribution in [0.15, 0.2) is 30.3 Å². The first-order chi connectivity index (χ1) is 14.0. The van der Waals surface area contributed by atoms with Crippen molar-refractivity contribution in [1.82, 2.24) is 25.5 Å². The van der Waals surface area contributed by atoms with Crippen molar-refractivity contribution in [3.63, 3.8) is 0 Å². The summed E-state index contributed by atoms with van der Waals surface area (Å²) in [6.07, 6.45) is -0.0892. The maximum absolute atomic E-state index is 13.7. The smallest absolute Gasteiger partial charge is 0.275 e. The number of hydrogen-bond acceptors (Lipinski definition) is 6. The molecule has 2 aromatic heterocycles. The monoisotopic (exact) mass is 416 g/mol. The van der Waals surface area contributed by atoms with Crippen molar-refractivity contribution in [3.05, 3.63) is 46.6 Å². The number of piperazine rings is 1. The summed E-state index contributed by atoms with van der Waals surface area (Å²) >= 11 is 1.25. The Bertz CT molecular complexity index is 1040. The highest BCUT2D eigenvalue weighted by molar-refractivity contribution is 7.20.